The molecule has 2 rings (SSSR count). The van der Waals surface area contributed by atoms with Crippen molar-refractivity contribution in [3.63, 3.8) is 0 Å². The lowest BCUT2D eigenvalue weighted by Gasteiger charge is -1.94. The second kappa shape index (κ2) is 3.58. The van der Waals surface area contributed by atoms with Crippen molar-refractivity contribution in [1.29, 1.82) is 0 Å². The molecule has 0 atom stereocenters. The molecule has 13 heavy (non-hydrogen) atoms. The zero-order chi connectivity index (χ0) is 9.10. The van der Waals surface area contributed by atoms with Gasteiger partial charge >= 0.3 is 0 Å². The predicted octanol–water partition coefficient (Wildman–Crippen LogP) is 3.32. The molecule has 0 bridgehead atoms. The number of hydrogen-bond donors (Lipinski definition) is 0. The van der Waals surface area contributed by atoms with Gasteiger partial charge in [-0.05, 0) is 35.9 Å². The van der Waals surface area contributed by atoms with Gasteiger partial charge in [-0.3, -0.25) is 4.99 Å². The number of benzene rings is 1. The third-order valence-electron chi connectivity index (χ3n) is 1.76. The predicted molar refractivity (Wildman–Crippen MR) is 57.1 cm³/mol. The highest BCUT2D eigenvalue weighted by atomic mass is 35.5. The lowest BCUT2D eigenvalue weighted by molar-refractivity contribution is 1.49. The number of aliphatic imine (C=N–C) groups is 1. The topological polar surface area (TPSA) is 12.4 Å². The summed E-state index contributed by atoms with van der Waals surface area (Å²) in [5, 5.41) is 0.757. The molecule has 1 aromatic carbocycles. The van der Waals surface area contributed by atoms with Gasteiger partial charge in [-0.25, -0.2) is 0 Å². The van der Waals surface area contributed by atoms with Crippen LogP contribution in [0.15, 0.2) is 47.1 Å². The molecule has 0 saturated carbocycles. The van der Waals surface area contributed by atoms with E-state index in [2.05, 4.69) is 4.99 Å². The van der Waals surface area contributed by atoms with Crippen molar-refractivity contribution in [3.05, 3.63) is 52.7 Å². The molecule has 0 unspecified atom stereocenters. The fourth-order valence-electron chi connectivity index (χ4n) is 1.13. The van der Waals surface area contributed by atoms with E-state index in [1.807, 2.05) is 42.5 Å². The molecule has 2 heteroatoms. The van der Waals surface area contributed by atoms with Gasteiger partial charge in [0.15, 0.2) is 0 Å². The minimum Gasteiger partial charge on any atom is -0.257 e. The van der Waals surface area contributed by atoms with Crippen LogP contribution in [0.3, 0.4) is 0 Å². The third kappa shape index (κ3) is 2.07. The van der Waals surface area contributed by atoms with Crippen molar-refractivity contribution in [2.24, 2.45) is 4.99 Å². The van der Waals surface area contributed by atoms with Crippen LogP contribution in [0.2, 0.25) is 5.02 Å². The Hall–Kier alpha value is -1.34. The Balaban J connectivity index is 2.27. The van der Waals surface area contributed by atoms with Gasteiger partial charge in [-0.15, -0.1) is 0 Å². The smallest absolute Gasteiger partial charge is 0.0636 e. The monoisotopic (exact) mass is 189 g/mol. The molecule has 1 aliphatic rings. The molecule has 0 spiro atoms. The van der Waals surface area contributed by atoms with Crippen molar-refractivity contribution < 1.29 is 0 Å². The summed E-state index contributed by atoms with van der Waals surface area (Å²) in [7, 11) is 0. The number of nitrogens with zero attached hydrogens (tertiary/aromatic N) is 1. The molecule has 0 amide bonds. The van der Waals surface area contributed by atoms with Crippen molar-refractivity contribution in [3.8, 4) is 0 Å². The summed E-state index contributed by atoms with van der Waals surface area (Å²) in [5.41, 5.74) is 2.09. The van der Waals surface area contributed by atoms with E-state index in [0.29, 0.717) is 0 Å². The van der Waals surface area contributed by atoms with Crippen LogP contribution in [0.4, 0.5) is 0 Å². The van der Waals surface area contributed by atoms with Gasteiger partial charge in [0.1, 0.15) is 0 Å². The molecule has 0 aliphatic carbocycles. The summed E-state index contributed by atoms with van der Waals surface area (Å²) in [5.74, 6) is 0. The molecule has 1 aliphatic heterocycles. The zero-order valence-corrected chi connectivity index (χ0v) is 7.70. The van der Waals surface area contributed by atoms with Crippen molar-refractivity contribution in [2.45, 2.75) is 0 Å². The first kappa shape index (κ1) is 8.27. The zero-order valence-electron chi connectivity index (χ0n) is 6.94. The lowest BCUT2D eigenvalue weighted by Crippen LogP contribution is -1.72. The Morgan fingerprint density at radius 2 is 1.92 bits per heavy atom. The summed E-state index contributed by atoms with van der Waals surface area (Å²) in [6.07, 6.45) is 7.68. The van der Waals surface area contributed by atoms with E-state index in [-0.39, 0.29) is 0 Å². The van der Waals surface area contributed by atoms with Crippen LogP contribution >= 0.6 is 11.6 Å². The van der Waals surface area contributed by atoms with E-state index < -0.39 is 0 Å². The molecule has 1 nitrogen and oxygen atoms in total. The van der Waals surface area contributed by atoms with Gasteiger partial charge in [0.05, 0.1) is 5.70 Å². The normalized spacial score (nSPS) is 17.2. The van der Waals surface area contributed by atoms with E-state index in [4.69, 9.17) is 11.6 Å². The first-order valence-corrected chi connectivity index (χ1v) is 4.40. The van der Waals surface area contributed by atoms with Gasteiger partial charge in [0.25, 0.3) is 0 Å². The van der Waals surface area contributed by atoms with Crippen molar-refractivity contribution >= 4 is 23.9 Å². The molecule has 0 aromatic heterocycles. The second-order valence-corrected chi connectivity index (χ2v) is 3.19. The summed E-state index contributed by atoms with van der Waals surface area (Å²) in [4.78, 5) is 4.15. The Labute approximate surface area is 82.1 Å². The van der Waals surface area contributed by atoms with Gasteiger partial charge < -0.3 is 0 Å². The summed E-state index contributed by atoms with van der Waals surface area (Å²) in [6.45, 7) is 0. The highest BCUT2D eigenvalue weighted by Crippen LogP contribution is 2.14. The molecule has 0 fully saturated rings. The quantitative estimate of drug-likeness (QED) is 0.643. The van der Waals surface area contributed by atoms with E-state index in [1.165, 1.54) is 0 Å². The molecule has 0 saturated heterocycles. The fraction of sp³-hybridized carbons (Fsp3) is 0. The second-order valence-electron chi connectivity index (χ2n) is 2.76. The molecule has 64 valence electrons. The standard InChI is InChI=1S/C11H8ClN/c12-10-5-3-9(4-6-10)8-11-2-1-7-13-11/h1-8H. The SMILES string of the molecule is Clc1ccc(C=C2C=CC=N2)cc1. The minimum atomic E-state index is 0.757. The van der Waals surface area contributed by atoms with Crippen LogP contribution < -0.4 is 0 Å². The van der Waals surface area contributed by atoms with E-state index in [0.717, 1.165) is 16.3 Å². The van der Waals surface area contributed by atoms with Crippen molar-refractivity contribution in [2.75, 3.05) is 0 Å². The average Bonchev–Trinajstić information content (AvgIpc) is 2.62. The molecule has 0 N–H and O–H groups in total. The van der Waals surface area contributed by atoms with Crippen LogP contribution in [0, 0.1) is 0 Å². The van der Waals surface area contributed by atoms with Gasteiger partial charge in [-0.2, -0.15) is 0 Å². The first-order chi connectivity index (χ1) is 6.34. The molecule has 1 aromatic rings. The first-order valence-electron chi connectivity index (χ1n) is 4.02. The Kier molecular flexibility index (Phi) is 2.28. The van der Waals surface area contributed by atoms with Gasteiger partial charge in [0, 0.05) is 11.2 Å². The van der Waals surface area contributed by atoms with Crippen LogP contribution in [0.1, 0.15) is 5.56 Å². The third-order valence-corrected chi connectivity index (χ3v) is 2.01. The van der Waals surface area contributed by atoms with Crippen molar-refractivity contribution in [1.82, 2.24) is 0 Å². The lowest BCUT2D eigenvalue weighted by atomic mass is 10.2. The van der Waals surface area contributed by atoms with E-state index in [9.17, 15) is 0 Å². The minimum absolute atomic E-state index is 0.757. The maximum Gasteiger partial charge on any atom is 0.0636 e. The Bertz CT molecular complexity index is 371. The largest absolute Gasteiger partial charge is 0.257 e. The average molecular weight is 190 g/mol. The summed E-state index contributed by atoms with van der Waals surface area (Å²) < 4.78 is 0. The summed E-state index contributed by atoms with van der Waals surface area (Å²) >= 11 is 5.76. The Morgan fingerprint density at radius 1 is 1.15 bits per heavy atom. The maximum atomic E-state index is 5.76. The number of rotatable bonds is 1. The van der Waals surface area contributed by atoms with Gasteiger partial charge in [0.2, 0.25) is 0 Å². The number of allylic oxidation sites excluding steroid dienone is 2. The van der Waals surface area contributed by atoms with Crippen LogP contribution in [-0.4, -0.2) is 6.21 Å². The molecular weight excluding hydrogens is 182 g/mol. The van der Waals surface area contributed by atoms with Crippen LogP contribution in [0.25, 0.3) is 6.08 Å². The highest BCUT2D eigenvalue weighted by molar-refractivity contribution is 6.30. The Morgan fingerprint density at radius 3 is 2.54 bits per heavy atom. The van der Waals surface area contributed by atoms with E-state index >= 15 is 0 Å². The van der Waals surface area contributed by atoms with Crippen LogP contribution in [0.5, 0.6) is 0 Å². The molecular formula is C11H8ClN. The molecule has 0 radical (unpaired) electrons. The maximum absolute atomic E-state index is 5.76. The molecule has 1 heterocycles. The van der Waals surface area contributed by atoms with Crippen LogP contribution in [-0.2, 0) is 0 Å². The van der Waals surface area contributed by atoms with Gasteiger partial charge in [-0.1, -0.05) is 23.7 Å². The number of hydrogen-bond acceptors (Lipinski definition) is 1. The number of halogens is 1. The summed E-state index contributed by atoms with van der Waals surface area (Å²) in [6, 6.07) is 7.68. The van der Waals surface area contributed by atoms with E-state index in [1.54, 1.807) is 6.21 Å². The highest BCUT2D eigenvalue weighted by Gasteiger charge is 1.94. The fourth-order valence-corrected chi connectivity index (χ4v) is 1.25.